The Morgan fingerprint density at radius 1 is 1.69 bits per heavy atom. The predicted octanol–water partition coefficient (Wildman–Crippen LogP) is 1.73. The molecular weight excluding hydrogens is 236 g/mol. The highest BCUT2D eigenvalue weighted by Gasteiger charge is 1.85. The van der Waals surface area contributed by atoms with Gasteiger partial charge < -0.3 is 4.74 Å². The second kappa shape index (κ2) is 7.67. The molecule has 4 nitrogen and oxygen atoms in total. The highest BCUT2D eigenvalue weighted by Crippen LogP contribution is 1.99. The normalized spacial score (nSPS) is 8.23. The fourth-order valence-corrected chi connectivity index (χ4v) is 0.884. The molecule has 5 heteroatoms. The standard InChI is InChI=1S/C5H5BrN2.C3H6O2/c1-4-2-3-7-5(6)8-4;1-2-5-3-4/h2-3H,1H3;3H,2H2,1H3. The van der Waals surface area contributed by atoms with Crippen molar-refractivity contribution < 1.29 is 9.53 Å². The Morgan fingerprint density at radius 3 is 2.62 bits per heavy atom. The first kappa shape index (κ1) is 12.0. The highest BCUT2D eigenvalue weighted by atomic mass is 79.9. The summed E-state index contributed by atoms with van der Waals surface area (Å²) in [6.45, 7) is 4.59. The van der Waals surface area contributed by atoms with Crippen molar-refractivity contribution in [2.75, 3.05) is 6.61 Å². The Morgan fingerprint density at radius 2 is 2.38 bits per heavy atom. The van der Waals surface area contributed by atoms with Crippen LogP contribution < -0.4 is 0 Å². The zero-order valence-corrected chi connectivity index (χ0v) is 9.11. The highest BCUT2D eigenvalue weighted by molar-refractivity contribution is 9.10. The molecule has 72 valence electrons. The molecule has 0 N–H and O–H groups in total. The first-order valence-corrected chi connectivity index (χ1v) is 4.50. The van der Waals surface area contributed by atoms with Gasteiger partial charge in [-0.15, -0.1) is 0 Å². The van der Waals surface area contributed by atoms with E-state index in [0.717, 1.165) is 5.69 Å². The monoisotopic (exact) mass is 246 g/mol. The summed E-state index contributed by atoms with van der Waals surface area (Å²) in [6.07, 6.45) is 1.71. The van der Waals surface area contributed by atoms with E-state index in [0.29, 0.717) is 17.8 Å². The Balaban J connectivity index is 0.000000252. The Bertz CT molecular complexity index is 238. The van der Waals surface area contributed by atoms with Crippen LogP contribution in [0.5, 0.6) is 0 Å². The van der Waals surface area contributed by atoms with Crippen molar-refractivity contribution in [2.24, 2.45) is 0 Å². The minimum absolute atomic E-state index is 0.431. The minimum atomic E-state index is 0.431. The molecule has 0 spiro atoms. The zero-order valence-electron chi connectivity index (χ0n) is 7.53. The molecule has 0 radical (unpaired) electrons. The third kappa shape index (κ3) is 7.39. The second-order valence-electron chi connectivity index (χ2n) is 2.02. The largest absolute Gasteiger partial charge is 0.468 e. The lowest BCUT2D eigenvalue weighted by molar-refractivity contribution is -0.128. The van der Waals surface area contributed by atoms with E-state index in [9.17, 15) is 4.79 Å². The molecule has 0 fully saturated rings. The lowest BCUT2D eigenvalue weighted by Crippen LogP contribution is -1.82. The molecule has 13 heavy (non-hydrogen) atoms. The molecule has 1 heterocycles. The average molecular weight is 247 g/mol. The lowest BCUT2D eigenvalue weighted by Gasteiger charge is -1.87. The van der Waals surface area contributed by atoms with Gasteiger partial charge in [0, 0.05) is 11.9 Å². The summed E-state index contributed by atoms with van der Waals surface area (Å²) >= 11 is 3.14. The van der Waals surface area contributed by atoms with Crippen LogP contribution in [0.4, 0.5) is 0 Å². The van der Waals surface area contributed by atoms with Gasteiger partial charge in [0.25, 0.3) is 6.47 Å². The van der Waals surface area contributed by atoms with Gasteiger partial charge in [0.15, 0.2) is 4.73 Å². The van der Waals surface area contributed by atoms with Gasteiger partial charge in [-0.2, -0.15) is 0 Å². The molecule has 0 atom stereocenters. The Labute approximate surface area is 85.5 Å². The van der Waals surface area contributed by atoms with E-state index in [1.807, 2.05) is 13.0 Å². The molecule has 0 amide bonds. The fraction of sp³-hybridized carbons (Fsp3) is 0.375. The van der Waals surface area contributed by atoms with E-state index in [4.69, 9.17) is 0 Å². The number of hydrogen-bond acceptors (Lipinski definition) is 4. The van der Waals surface area contributed by atoms with E-state index >= 15 is 0 Å². The van der Waals surface area contributed by atoms with Crippen LogP contribution in [0.1, 0.15) is 12.6 Å². The Hall–Kier alpha value is -0.970. The molecule has 0 saturated carbocycles. The first-order chi connectivity index (χ1) is 6.20. The van der Waals surface area contributed by atoms with Gasteiger partial charge in [-0.25, -0.2) is 9.97 Å². The number of carbonyl (C=O) groups excluding carboxylic acids is 1. The van der Waals surface area contributed by atoms with Gasteiger partial charge in [0.05, 0.1) is 6.61 Å². The van der Waals surface area contributed by atoms with Crippen molar-refractivity contribution in [2.45, 2.75) is 13.8 Å². The zero-order chi connectivity index (χ0) is 10.1. The minimum Gasteiger partial charge on any atom is -0.468 e. The Kier molecular flexibility index (Phi) is 7.10. The van der Waals surface area contributed by atoms with Crippen LogP contribution in [0, 0.1) is 6.92 Å². The molecule has 1 rings (SSSR count). The summed E-state index contributed by atoms with van der Waals surface area (Å²) in [5.41, 5.74) is 0.979. The van der Waals surface area contributed by atoms with Crippen LogP contribution in [0.25, 0.3) is 0 Å². The van der Waals surface area contributed by atoms with Crippen molar-refractivity contribution >= 4 is 22.4 Å². The fourth-order valence-electron chi connectivity index (χ4n) is 0.486. The summed E-state index contributed by atoms with van der Waals surface area (Å²) in [4.78, 5) is 17.0. The molecule has 1 aromatic heterocycles. The molecular formula is C8H11BrN2O2. The molecule has 0 aromatic carbocycles. The van der Waals surface area contributed by atoms with E-state index in [2.05, 4.69) is 30.6 Å². The quantitative estimate of drug-likeness (QED) is 0.589. The smallest absolute Gasteiger partial charge is 0.293 e. The number of hydrogen-bond donors (Lipinski definition) is 0. The summed E-state index contributed by atoms with van der Waals surface area (Å²) in [5.74, 6) is 0. The van der Waals surface area contributed by atoms with Crippen LogP contribution in [0.15, 0.2) is 17.0 Å². The summed E-state index contributed by atoms with van der Waals surface area (Å²) in [5, 5.41) is 0. The maximum absolute atomic E-state index is 9.18. The maximum atomic E-state index is 9.18. The third-order valence-electron chi connectivity index (χ3n) is 1.00. The molecule has 0 aliphatic heterocycles. The molecule has 0 aliphatic carbocycles. The van der Waals surface area contributed by atoms with Gasteiger partial charge in [-0.1, -0.05) is 0 Å². The predicted molar refractivity (Wildman–Crippen MR) is 52.2 cm³/mol. The number of aryl methyl sites for hydroxylation is 1. The van der Waals surface area contributed by atoms with Gasteiger partial charge >= 0.3 is 0 Å². The number of ether oxygens (including phenoxy) is 1. The molecule has 0 unspecified atom stereocenters. The number of carbonyl (C=O) groups is 1. The van der Waals surface area contributed by atoms with Crippen molar-refractivity contribution in [1.29, 1.82) is 0 Å². The van der Waals surface area contributed by atoms with Crippen molar-refractivity contribution in [3.05, 3.63) is 22.7 Å². The van der Waals surface area contributed by atoms with E-state index < -0.39 is 0 Å². The summed E-state index contributed by atoms with van der Waals surface area (Å²) in [7, 11) is 0. The van der Waals surface area contributed by atoms with Crippen molar-refractivity contribution in [3.8, 4) is 0 Å². The molecule has 0 bridgehead atoms. The first-order valence-electron chi connectivity index (χ1n) is 3.71. The van der Waals surface area contributed by atoms with Gasteiger partial charge in [0.2, 0.25) is 0 Å². The molecule has 0 saturated heterocycles. The number of aromatic nitrogens is 2. The van der Waals surface area contributed by atoms with E-state index in [1.165, 1.54) is 0 Å². The van der Waals surface area contributed by atoms with Gasteiger partial charge in [0.1, 0.15) is 0 Å². The van der Waals surface area contributed by atoms with Crippen LogP contribution >= 0.6 is 15.9 Å². The summed E-state index contributed by atoms with van der Waals surface area (Å²) < 4.78 is 4.80. The van der Waals surface area contributed by atoms with Gasteiger partial charge in [-0.3, -0.25) is 4.79 Å². The molecule has 1 aromatic rings. The van der Waals surface area contributed by atoms with Crippen LogP contribution in [0.2, 0.25) is 0 Å². The second-order valence-corrected chi connectivity index (χ2v) is 2.73. The van der Waals surface area contributed by atoms with Crippen LogP contribution in [-0.4, -0.2) is 23.0 Å². The average Bonchev–Trinajstić information content (AvgIpc) is 2.06. The lowest BCUT2D eigenvalue weighted by atomic mass is 10.5. The number of nitrogens with zero attached hydrogens (tertiary/aromatic N) is 2. The maximum Gasteiger partial charge on any atom is 0.293 e. The van der Waals surface area contributed by atoms with Crippen molar-refractivity contribution in [1.82, 2.24) is 9.97 Å². The van der Waals surface area contributed by atoms with E-state index in [-0.39, 0.29) is 0 Å². The molecule has 0 aliphatic rings. The summed E-state index contributed by atoms with van der Waals surface area (Å²) in [6, 6.07) is 1.85. The van der Waals surface area contributed by atoms with Gasteiger partial charge in [-0.05, 0) is 35.8 Å². The SMILES string of the molecule is CCOC=O.Cc1ccnc(Br)n1. The van der Waals surface area contributed by atoms with Crippen molar-refractivity contribution in [3.63, 3.8) is 0 Å². The van der Waals surface area contributed by atoms with E-state index in [1.54, 1.807) is 13.1 Å². The van der Waals surface area contributed by atoms with Crippen LogP contribution in [0.3, 0.4) is 0 Å². The number of halogens is 1. The topological polar surface area (TPSA) is 52.1 Å². The third-order valence-corrected chi connectivity index (χ3v) is 1.38. The number of rotatable bonds is 2. The van der Waals surface area contributed by atoms with Crippen LogP contribution in [-0.2, 0) is 9.53 Å².